The molecule has 0 saturated carbocycles. The lowest BCUT2D eigenvalue weighted by Crippen LogP contribution is -2.49. The monoisotopic (exact) mass is 435 g/mol. The first-order valence-electron chi connectivity index (χ1n) is 10.2. The first-order valence-corrected chi connectivity index (χ1v) is 11.2. The van der Waals surface area contributed by atoms with Crippen molar-refractivity contribution in [3.05, 3.63) is 60.2 Å². The lowest BCUT2D eigenvalue weighted by Gasteiger charge is -2.36. The fourth-order valence-electron chi connectivity index (χ4n) is 3.98. The average Bonchev–Trinajstić information content (AvgIpc) is 3.16. The maximum Gasteiger partial charge on any atom is 0.233 e. The Bertz CT molecular complexity index is 1250. The van der Waals surface area contributed by atoms with Crippen molar-refractivity contribution >= 4 is 45.3 Å². The third-order valence-electron chi connectivity index (χ3n) is 5.66. The van der Waals surface area contributed by atoms with E-state index in [1.165, 1.54) is 29.5 Å². The van der Waals surface area contributed by atoms with Crippen LogP contribution >= 0.6 is 11.8 Å². The molecule has 2 aromatic carbocycles. The van der Waals surface area contributed by atoms with E-state index in [1.54, 1.807) is 18.5 Å². The minimum atomic E-state index is -0.237. The van der Waals surface area contributed by atoms with Gasteiger partial charge in [0.1, 0.15) is 22.7 Å². The molecule has 0 spiro atoms. The summed E-state index contributed by atoms with van der Waals surface area (Å²) in [5.41, 5.74) is 4.95. The van der Waals surface area contributed by atoms with Crippen LogP contribution in [0.3, 0.4) is 0 Å². The van der Waals surface area contributed by atoms with E-state index in [2.05, 4.69) is 38.9 Å². The first-order chi connectivity index (χ1) is 15.1. The van der Waals surface area contributed by atoms with E-state index in [9.17, 15) is 9.18 Å². The number of hydrogen-bond acceptors (Lipinski definition) is 5. The Labute approximate surface area is 183 Å². The van der Waals surface area contributed by atoms with Crippen LogP contribution in [0.1, 0.15) is 5.56 Å². The molecule has 1 amide bonds. The summed E-state index contributed by atoms with van der Waals surface area (Å²) in [5, 5.41) is 1.86. The molecule has 2 aromatic heterocycles. The summed E-state index contributed by atoms with van der Waals surface area (Å²) in [5.74, 6) is 0.192. The van der Waals surface area contributed by atoms with Gasteiger partial charge < -0.3 is 14.8 Å². The Balaban J connectivity index is 1.24. The van der Waals surface area contributed by atoms with Gasteiger partial charge in [0.05, 0.1) is 11.3 Å². The molecule has 0 radical (unpaired) electrons. The smallest absolute Gasteiger partial charge is 0.233 e. The van der Waals surface area contributed by atoms with Crippen molar-refractivity contribution in [3.8, 4) is 0 Å². The molecule has 0 bridgehead atoms. The zero-order valence-corrected chi connectivity index (χ0v) is 18.0. The summed E-state index contributed by atoms with van der Waals surface area (Å²) >= 11 is 1.44. The minimum absolute atomic E-state index is 0.0995. The molecule has 158 valence electrons. The molecule has 1 aliphatic rings. The SMILES string of the molecule is Cc1ccc2[nH]c3c(SCC(=O)N4CCN(c5ccc(F)cc5)CC4)ncnc3c2c1. The number of benzene rings is 2. The lowest BCUT2D eigenvalue weighted by atomic mass is 10.2. The number of aromatic nitrogens is 3. The van der Waals surface area contributed by atoms with Crippen LogP contribution in [0.15, 0.2) is 53.8 Å². The highest BCUT2D eigenvalue weighted by Crippen LogP contribution is 2.30. The van der Waals surface area contributed by atoms with Crippen LogP contribution in [0.4, 0.5) is 10.1 Å². The Kier molecular flexibility index (Phi) is 5.23. The van der Waals surface area contributed by atoms with Gasteiger partial charge in [0.25, 0.3) is 0 Å². The Morgan fingerprint density at radius 3 is 2.65 bits per heavy atom. The molecule has 1 fully saturated rings. The molecule has 31 heavy (non-hydrogen) atoms. The van der Waals surface area contributed by atoms with Crippen molar-refractivity contribution in [3.63, 3.8) is 0 Å². The van der Waals surface area contributed by atoms with Crippen molar-refractivity contribution in [2.75, 3.05) is 36.8 Å². The van der Waals surface area contributed by atoms with Crippen LogP contribution in [0.25, 0.3) is 21.9 Å². The van der Waals surface area contributed by atoms with E-state index in [0.29, 0.717) is 18.8 Å². The second-order valence-electron chi connectivity index (χ2n) is 7.71. The summed E-state index contributed by atoms with van der Waals surface area (Å²) in [7, 11) is 0. The number of H-pyrrole nitrogens is 1. The Morgan fingerprint density at radius 1 is 1.10 bits per heavy atom. The molecule has 1 aliphatic heterocycles. The average molecular weight is 436 g/mol. The molecule has 6 nitrogen and oxygen atoms in total. The van der Waals surface area contributed by atoms with E-state index in [-0.39, 0.29) is 11.7 Å². The van der Waals surface area contributed by atoms with Gasteiger partial charge in [0.2, 0.25) is 5.91 Å². The minimum Gasteiger partial charge on any atom is -0.368 e. The maximum absolute atomic E-state index is 13.1. The van der Waals surface area contributed by atoms with E-state index in [0.717, 1.165) is 45.7 Å². The van der Waals surface area contributed by atoms with Crippen molar-refractivity contribution in [2.45, 2.75) is 11.9 Å². The van der Waals surface area contributed by atoms with Crippen molar-refractivity contribution in [2.24, 2.45) is 0 Å². The number of hydrogen-bond donors (Lipinski definition) is 1. The standard InChI is InChI=1S/C23H22FN5OS/c1-15-2-7-19-18(12-15)21-22(27-19)23(26-14-25-21)31-13-20(30)29-10-8-28(9-11-29)17-5-3-16(24)4-6-17/h2-7,12,14,27H,8-11,13H2,1H3. The number of aromatic amines is 1. The molecule has 1 saturated heterocycles. The third kappa shape index (κ3) is 3.95. The number of amides is 1. The highest BCUT2D eigenvalue weighted by Gasteiger charge is 2.22. The van der Waals surface area contributed by atoms with E-state index in [1.807, 2.05) is 11.0 Å². The number of carbonyl (C=O) groups excluding carboxylic acids is 1. The molecule has 0 aliphatic carbocycles. The van der Waals surface area contributed by atoms with Gasteiger partial charge >= 0.3 is 0 Å². The van der Waals surface area contributed by atoms with Gasteiger partial charge in [-0.3, -0.25) is 4.79 Å². The number of nitrogens with zero attached hydrogens (tertiary/aromatic N) is 4. The predicted octanol–water partition coefficient (Wildman–Crippen LogP) is 4.00. The predicted molar refractivity (Wildman–Crippen MR) is 122 cm³/mol. The number of thioether (sulfide) groups is 1. The number of aryl methyl sites for hydroxylation is 1. The van der Waals surface area contributed by atoms with Crippen LogP contribution in [0, 0.1) is 12.7 Å². The Hall–Kier alpha value is -3.13. The summed E-state index contributed by atoms with van der Waals surface area (Å²) in [4.78, 5) is 29.1. The zero-order valence-electron chi connectivity index (χ0n) is 17.1. The van der Waals surface area contributed by atoms with Crippen LogP contribution < -0.4 is 4.90 Å². The lowest BCUT2D eigenvalue weighted by molar-refractivity contribution is -0.128. The van der Waals surface area contributed by atoms with E-state index in [4.69, 9.17) is 0 Å². The van der Waals surface area contributed by atoms with Crippen LogP contribution in [-0.2, 0) is 4.79 Å². The van der Waals surface area contributed by atoms with Crippen LogP contribution in [0.5, 0.6) is 0 Å². The number of nitrogens with one attached hydrogen (secondary N) is 1. The van der Waals surface area contributed by atoms with Gasteiger partial charge in [-0.2, -0.15) is 0 Å². The molecule has 3 heterocycles. The van der Waals surface area contributed by atoms with Gasteiger partial charge in [-0.1, -0.05) is 23.4 Å². The van der Waals surface area contributed by atoms with E-state index >= 15 is 0 Å². The number of halogens is 1. The highest BCUT2D eigenvalue weighted by atomic mass is 32.2. The number of carbonyl (C=O) groups is 1. The number of rotatable bonds is 4. The fraction of sp³-hybridized carbons (Fsp3) is 0.261. The molecule has 8 heteroatoms. The highest BCUT2D eigenvalue weighted by molar-refractivity contribution is 8.00. The van der Waals surface area contributed by atoms with Gasteiger partial charge in [-0.05, 0) is 43.3 Å². The van der Waals surface area contributed by atoms with Crippen molar-refractivity contribution < 1.29 is 9.18 Å². The van der Waals surface area contributed by atoms with Gasteiger partial charge in [0.15, 0.2) is 0 Å². The largest absolute Gasteiger partial charge is 0.368 e. The fourth-order valence-corrected chi connectivity index (χ4v) is 4.84. The normalized spacial score (nSPS) is 14.5. The number of fused-ring (bicyclic) bond motifs is 3. The second-order valence-corrected chi connectivity index (χ2v) is 8.67. The Morgan fingerprint density at radius 2 is 1.87 bits per heavy atom. The summed E-state index contributed by atoms with van der Waals surface area (Å²) in [6.07, 6.45) is 1.56. The van der Waals surface area contributed by atoms with Crippen LogP contribution in [0.2, 0.25) is 0 Å². The van der Waals surface area contributed by atoms with Crippen molar-refractivity contribution in [1.29, 1.82) is 0 Å². The molecule has 0 unspecified atom stereocenters. The molecule has 1 N–H and O–H groups in total. The van der Waals surface area contributed by atoms with Gasteiger partial charge in [-0.25, -0.2) is 14.4 Å². The first kappa shape index (κ1) is 19.8. The van der Waals surface area contributed by atoms with Gasteiger partial charge in [-0.15, -0.1) is 0 Å². The quantitative estimate of drug-likeness (QED) is 0.388. The summed E-state index contributed by atoms with van der Waals surface area (Å²) in [6, 6.07) is 12.7. The number of piperazine rings is 1. The van der Waals surface area contributed by atoms with Crippen molar-refractivity contribution in [1.82, 2.24) is 19.9 Å². The van der Waals surface area contributed by atoms with Gasteiger partial charge in [0, 0.05) is 42.8 Å². The summed E-state index contributed by atoms with van der Waals surface area (Å²) in [6.45, 7) is 4.84. The molecular formula is C23H22FN5OS. The number of anilines is 1. The zero-order chi connectivity index (χ0) is 21.4. The topological polar surface area (TPSA) is 65.1 Å². The molecule has 0 atom stereocenters. The van der Waals surface area contributed by atoms with E-state index < -0.39 is 0 Å². The third-order valence-corrected chi connectivity index (χ3v) is 6.63. The molecule has 4 aromatic rings. The maximum atomic E-state index is 13.1. The molecule has 5 rings (SSSR count). The second kappa shape index (κ2) is 8.19. The van der Waals surface area contributed by atoms with Crippen LogP contribution in [-0.4, -0.2) is 57.7 Å². The molecular weight excluding hydrogens is 413 g/mol. The summed E-state index contributed by atoms with van der Waals surface area (Å²) < 4.78 is 13.1.